The third-order valence-electron chi connectivity index (χ3n) is 4.01. The Morgan fingerprint density at radius 2 is 1.72 bits per heavy atom. The zero-order valence-corrected chi connectivity index (χ0v) is 16.7. The molecule has 2 aromatic rings. The van der Waals surface area contributed by atoms with Crippen molar-refractivity contribution in [1.29, 1.82) is 0 Å². The first kappa shape index (κ1) is 20.6. The van der Waals surface area contributed by atoms with Gasteiger partial charge in [-0.15, -0.1) is 0 Å². The van der Waals surface area contributed by atoms with Gasteiger partial charge in [0.1, 0.15) is 11.5 Å². The minimum Gasteiger partial charge on any atom is -0.497 e. The molecule has 1 aliphatic heterocycles. The average Bonchev–Trinajstić information content (AvgIpc) is 2.97. The average molecular weight is 422 g/mol. The Balaban J connectivity index is 1.63. The quantitative estimate of drug-likeness (QED) is 0.715. The summed E-state index contributed by atoms with van der Waals surface area (Å²) in [5, 5.41) is 2.86. The Bertz CT molecular complexity index is 894. The fourth-order valence-corrected chi connectivity index (χ4v) is 2.90. The number of nitrogens with one attached hydrogen (secondary N) is 1. The number of ether oxygens (including phenoxy) is 5. The van der Waals surface area contributed by atoms with Crippen LogP contribution in [0.4, 0.5) is 5.69 Å². The van der Waals surface area contributed by atoms with Crippen molar-refractivity contribution in [2.45, 2.75) is 6.42 Å². The molecule has 1 amide bonds. The SMILES string of the molecule is COc1cc(NC(=O)COC(=O)c2cc(Cl)c3c(c2)OCCCO3)cc(OC)c1. The van der Waals surface area contributed by atoms with Gasteiger partial charge >= 0.3 is 5.97 Å². The van der Waals surface area contributed by atoms with Crippen molar-refractivity contribution in [2.75, 3.05) is 39.4 Å². The highest BCUT2D eigenvalue weighted by atomic mass is 35.5. The van der Waals surface area contributed by atoms with Crippen molar-refractivity contribution in [3.8, 4) is 23.0 Å². The lowest BCUT2D eigenvalue weighted by Gasteiger charge is -2.12. The van der Waals surface area contributed by atoms with E-state index in [4.69, 9.17) is 35.3 Å². The van der Waals surface area contributed by atoms with Crippen molar-refractivity contribution in [3.63, 3.8) is 0 Å². The van der Waals surface area contributed by atoms with E-state index in [0.29, 0.717) is 48.3 Å². The van der Waals surface area contributed by atoms with E-state index in [0.717, 1.165) is 0 Å². The standard InChI is InChI=1S/C20H20ClNO7/c1-25-14-8-13(9-15(10-14)26-2)22-18(23)11-29-20(24)12-6-16(21)19-17(7-12)27-4-3-5-28-19/h6-10H,3-5,11H2,1-2H3,(H,22,23). The van der Waals surface area contributed by atoms with Gasteiger partial charge in [0.25, 0.3) is 5.91 Å². The van der Waals surface area contributed by atoms with Gasteiger partial charge in [0.15, 0.2) is 18.1 Å². The fourth-order valence-electron chi connectivity index (χ4n) is 2.64. The van der Waals surface area contributed by atoms with Gasteiger partial charge in [0.2, 0.25) is 0 Å². The summed E-state index contributed by atoms with van der Waals surface area (Å²) >= 11 is 6.18. The molecule has 0 atom stereocenters. The first-order chi connectivity index (χ1) is 14.0. The second kappa shape index (κ2) is 9.38. The molecule has 0 saturated heterocycles. The van der Waals surface area contributed by atoms with Crippen LogP contribution in [0.2, 0.25) is 5.02 Å². The van der Waals surface area contributed by atoms with E-state index in [1.807, 2.05) is 0 Å². The molecule has 0 fully saturated rings. The minimum absolute atomic E-state index is 0.162. The molecule has 1 aliphatic rings. The van der Waals surface area contributed by atoms with Crippen LogP contribution < -0.4 is 24.3 Å². The number of halogens is 1. The molecular weight excluding hydrogens is 402 g/mol. The third kappa shape index (κ3) is 5.23. The molecule has 0 aliphatic carbocycles. The Morgan fingerprint density at radius 3 is 2.41 bits per heavy atom. The largest absolute Gasteiger partial charge is 0.497 e. The predicted octanol–water partition coefficient (Wildman–Crippen LogP) is 3.31. The number of methoxy groups -OCH3 is 2. The summed E-state index contributed by atoms with van der Waals surface area (Å²) in [6, 6.07) is 7.81. The normalized spacial score (nSPS) is 12.5. The molecule has 0 saturated carbocycles. The van der Waals surface area contributed by atoms with Gasteiger partial charge in [-0.25, -0.2) is 4.79 Å². The Labute approximate surface area is 172 Å². The van der Waals surface area contributed by atoms with Gasteiger partial charge in [-0.05, 0) is 12.1 Å². The molecule has 0 unspecified atom stereocenters. The maximum atomic E-state index is 12.3. The summed E-state index contributed by atoms with van der Waals surface area (Å²) in [5.41, 5.74) is 0.607. The number of hydrogen-bond acceptors (Lipinski definition) is 7. The number of amides is 1. The molecule has 0 radical (unpaired) electrons. The number of esters is 1. The molecule has 9 heteroatoms. The monoisotopic (exact) mass is 421 g/mol. The number of hydrogen-bond donors (Lipinski definition) is 1. The topological polar surface area (TPSA) is 92.3 Å². The first-order valence-corrected chi connectivity index (χ1v) is 9.17. The number of rotatable bonds is 6. The summed E-state index contributed by atoms with van der Waals surface area (Å²) in [7, 11) is 3.01. The third-order valence-corrected chi connectivity index (χ3v) is 4.29. The molecule has 0 bridgehead atoms. The fraction of sp³-hybridized carbons (Fsp3) is 0.300. The van der Waals surface area contributed by atoms with Gasteiger partial charge in [-0.1, -0.05) is 11.6 Å². The van der Waals surface area contributed by atoms with Gasteiger partial charge in [0.05, 0.1) is 38.0 Å². The Morgan fingerprint density at radius 1 is 1.03 bits per heavy atom. The van der Waals surface area contributed by atoms with Crippen LogP contribution in [0.3, 0.4) is 0 Å². The second-order valence-corrected chi connectivity index (χ2v) is 6.47. The lowest BCUT2D eigenvalue weighted by molar-refractivity contribution is -0.119. The summed E-state index contributed by atoms with van der Waals surface area (Å²) in [6.07, 6.45) is 0.708. The lowest BCUT2D eigenvalue weighted by atomic mass is 10.2. The van der Waals surface area contributed by atoms with Crippen molar-refractivity contribution in [2.24, 2.45) is 0 Å². The number of benzene rings is 2. The van der Waals surface area contributed by atoms with E-state index in [2.05, 4.69) is 5.32 Å². The van der Waals surface area contributed by atoms with Crippen LogP contribution in [-0.4, -0.2) is 45.9 Å². The van der Waals surface area contributed by atoms with Gasteiger partial charge in [-0.3, -0.25) is 4.79 Å². The van der Waals surface area contributed by atoms with Crippen LogP contribution in [0.5, 0.6) is 23.0 Å². The number of anilines is 1. The van der Waals surface area contributed by atoms with Crippen LogP contribution in [-0.2, 0) is 9.53 Å². The summed E-state index contributed by atoms with van der Waals surface area (Å²) in [5.74, 6) is 0.562. The van der Waals surface area contributed by atoms with E-state index in [9.17, 15) is 9.59 Å². The molecule has 8 nitrogen and oxygen atoms in total. The maximum absolute atomic E-state index is 12.3. The Kier molecular flexibility index (Phi) is 6.66. The Hall–Kier alpha value is -3.13. The van der Waals surface area contributed by atoms with Gasteiger partial charge in [0, 0.05) is 30.3 Å². The molecular formula is C20H20ClNO7. The highest BCUT2D eigenvalue weighted by Gasteiger charge is 2.20. The molecule has 0 spiro atoms. The molecule has 0 aromatic heterocycles. The van der Waals surface area contributed by atoms with E-state index in [-0.39, 0.29) is 10.6 Å². The predicted molar refractivity (Wildman–Crippen MR) is 106 cm³/mol. The molecule has 154 valence electrons. The van der Waals surface area contributed by atoms with E-state index >= 15 is 0 Å². The van der Waals surface area contributed by atoms with Crippen LogP contribution >= 0.6 is 11.6 Å². The zero-order valence-electron chi connectivity index (χ0n) is 16.0. The first-order valence-electron chi connectivity index (χ1n) is 8.79. The molecule has 2 aromatic carbocycles. The number of fused-ring (bicyclic) bond motifs is 1. The highest BCUT2D eigenvalue weighted by molar-refractivity contribution is 6.32. The molecule has 29 heavy (non-hydrogen) atoms. The second-order valence-electron chi connectivity index (χ2n) is 6.06. The summed E-state index contributed by atoms with van der Waals surface area (Å²) in [6.45, 7) is 0.449. The van der Waals surface area contributed by atoms with Crippen LogP contribution in [0, 0.1) is 0 Å². The summed E-state index contributed by atoms with van der Waals surface area (Å²) < 4.78 is 26.5. The maximum Gasteiger partial charge on any atom is 0.338 e. The number of carbonyl (C=O) groups excluding carboxylic acids is 2. The van der Waals surface area contributed by atoms with E-state index in [1.165, 1.54) is 26.4 Å². The van der Waals surface area contributed by atoms with E-state index < -0.39 is 18.5 Å². The lowest BCUT2D eigenvalue weighted by Crippen LogP contribution is -2.21. The van der Waals surface area contributed by atoms with Crippen LogP contribution in [0.1, 0.15) is 16.8 Å². The molecule has 1 heterocycles. The highest BCUT2D eigenvalue weighted by Crippen LogP contribution is 2.38. The van der Waals surface area contributed by atoms with Crippen molar-refractivity contribution < 1.29 is 33.3 Å². The molecule has 1 N–H and O–H groups in total. The van der Waals surface area contributed by atoms with Crippen molar-refractivity contribution >= 4 is 29.2 Å². The van der Waals surface area contributed by atoms with Crippen molar-refractivity contribution in [3.05, 3.63) is 40.9 Å². The zero-order chi connectivity index (χ0) is 20.8. The smallest absolute Gasteiger partial charge is 0.338 e. The van der Waals surface area contributed by atoms with Gasteiger partial charge in [-0.2, -0.15) is 0 Å². The van der Waals surface area contributed by atoms with E-state index in [1.54, 1.807) is 18.2 Å². The van der Waals surface area contributed by atoms with Crippen molar-refractivity contribution in [1.82, 2.24) is 0 Å². The van der Waals surface area contributed by atoms with Crippen LogP contribution in [0.15, 0.2) is 30.3 Å². The summed E-state index contributed by atoms with van der Waals surface area (Å²) in [4.78, 5) is 24.5. The van der Waals surface area contributed by atoms with Gasteiger partial charge < -0.3 is 29.0 Å². The van der Waals surface area contributed by atoms with Crippen LogP contribution in [0.25, 0.3) is 0 Å². The minimum atomic E-state index is -0.707. The molecule has 3 rings (SSSR count). The number of carbonyl (C=O) groups is 2.